The maximum Gasteiger partial charge on any atom is 0.303 e. The third-order valence-electron chi connectivity index (χ3n) is 6.71. The third-order valence-corrected chi connectivity index (χ3v) is 6.71. The van der Waals surface area contributed by atoms with Crippen molar-refractivity contribution in [2.24, 2.45) is 5.92 Å². The molecule has 4 atom stereocenters. The number of nitrogens with zero attached hydrogens (tertiary/aromatic N) is 1. The number of amides is 1. The minimum absolute atomic E-state index is 0.00270. The van der Waals surface area contributed by atoms with Gasteiger partial charge in [-0.3, -0.25) is 9.59 Å². The minimum atomic E-state index is -0.791. The van der Waals surface area contributed by atoms with Gasteiger partial charge in [-0.1, -0.05) is 44.0 Å². The van der Waals surface area contributed by atoms with E-state index in [1.165, 1.54) is 6.26 Å². The summed E-state index contributed by atoms with van der Waals surface area (Å²) in [6.07, 6.45) is 8.17. The second-order valence-electron chi connectivity index (χ2n) is 8.88. The van der Waals surface area contributed by atoms with Crippen LogP contribution in [0.3, 0.4) is 0 Å². The molecule has 0 unspecified atom stereocenters. The number of oxazole rings is 1. The lowest BCUT2D eigenvalue weighted by molar-refractivity contribution is -0.136. The topological polar surface area (TPSA) is 102 Å². The van der Waals surface area contributed by atoms with Crippen molar-refractivity contribution in [3.8, 4) is 0 Å². The van der Waals surface area contributed by atoms with E-state index in [9.17, 15) is 9.59 Å². The van der Waals surface area contributed by atoms with E-state index < -0.39 is 5.97 Å². The van der Waals surface area contributed by atoms with Crippen LogP contribution in [0.25, 0.3) is 0 Å². The molecule has 0 aliphatic carbocycles. The molecule has 4 rings (SSSR count). The first-order chi connectivity index (χ1) is 15.6. The lowest BCUT2D eigenvalue weighted by Crippen LogP contribution is -2.28. The number of benzene rings is 1. The fourth-order valence-corrected chi connectivity index (χ4v) is 5.08. The number of fused-ring (bicyclic) bond motifs is 2. The summed E-state index contributed by atoms with van der Waals surface area (Å²) in [4.78, 5) is 28.0. The molecule has 7 heteroatoms. The molecule has 0 saturated carbocycles. The molecule has 172 valence electrons. The molecule has 7 nitrogen and oxygen atoms in total. The van der Waals surface area contributed by atoms with Crippen LogP contribution in [-0.4, -0.2) is 40.7 Å². The van der Waals surface area contributed by atoms with Gasteiger partial charge in [0.15, 0.2) is 5.69 Å². The Labute approximate surface area is 188 Å². The minimum Gasteiger partial charge on any atom is -0.481 e. The van der Waals surface area contributed by atoms with Crippen molar-refractivity contribution in [1.29, 1.82) is 0 Å². The molecule has 3 heterocycles. The van der Waals surface area contributed by atoms with Gasteiger partial charge < -0.3 is 19.6 Å². The van der Waals surface area contributed by atoms with Gasteiger partial charge in [-0.2, -0.15) is 0 Å². The highest BCUT2D eigenvalue weighted by atomic mass is 16.5. The van der Waals surface area contributed by atoms with E-state index in [1.54, 1.807) is 0 Å². The number of aryl methyl sites for hydroxylation is 1. The Kier molecular flexibility index (Phi) is 7.25. The Balaban J connectivity index is 1.47. The van der Waals surface area contributed by atoms with Crippen LogP contribution >= 0.6 is 0 Å². The number of aliphatic carboxylic acids is 1. The molecule has 2 aliphatic rings. The molecular formula is C25H32N2O5. The number of carbonyl (C=O) groups is 2. The Morgan fingerprint density at radius 2 is 1.94 bits per heavy atom. The van der Waals surface area contributed by atoms with Gasteiger partial charge >= 0.3 is 5.97 Å². The number of hydrogen-bond donors (Lipinski definition) is 2. The Morgan fingerprint density at radius 1 is 1.16 bits per heavy atom. The maximum absolute atomic E-state index is 12.4. The zero-order valence-corrected chi connectivity index (χ0v) is 18.6. The van der Waals surface area contributed by atoms with E-state index in [0.717, 1.165) is 49.7 Å². The molecule has 1 aromatic carbocycles. The number of rotatable bonds is 11. The number of hydrogen-bond acceptors (Lipinski definition) is 5. The van der Waals surface area contributed by atoms with Gasteiger partial charge in [0.1, 0.15) is 6.26 Å². The summed E-state index contributed by atoms with van der Waals surface area (Å²) in [6.45, 7) is 2.77. The van der Waals surface area contributed by atoms with Crippen molar-refractivity contribution in [1.82, 2.24) is 10.3 Å². The summed E-state index contributed by atoms with van der Waals surface area (Å²) in [5.41, 5.74) is 2.54. The summed E-state index contributed by atoms with van der Waals surface area (Å²) in [6, 6.07) is 8.03. The molecule has 2 aliphatic heterocycles. The van der Waals surface area contributed by atoms with Crippen LogP contribution in [-0.2, 0) is 22.4 Å². The second-order valence-corrected chi connectivity index (χ2v) is 8.88. The first-order valence-electron chi connectivity index (χ1n) is 11.7. The smallest absolute Gasteiger partial charge is 0.303 e. The number of unbranched alkanes of at least 4 members (excludes halogenated alkanes) is 2. The predicted molar refractivity (Wildman–Crippen MR) is 119 cm³/mol. The van der Waals surface area contributed by atoms with Crippen LogP contribution in [0.1, 0.15) is 78.9 Å². The summed E-state index contributed by atoms with van der Waals surface area (Å²) in [5, 5.41) is 12.0. The monoisotopic (exact) mass is 440 g/mol. The standard InChI is InChI=1S/C25H32N2O5/c1-2-3-6-13-26-24(30)19-15-31-25(27-19)23-18(20-10-11-21(23)32-20)14-17-8-5-4-7-16(17)9-12-22(28)29/h4-5,7-8,15,18,20-21,23H,2-3,6,9-14H2,1H3,(H,26,30)(H,28,29)/t18-,20-,21+,23+/m0/s1. The van der Waals surface area contributed by atoms with Crippen molar-refractivity contribution in [3.63, 3.8) is 0 Å². The summed E-state index contributed by atoms with van der Waals surface area (Å²) < 4.78 is 12.0. The van der Waals surface area contributed by atoms with E-state index in [4.69, 9.17) is 14.3 Å². The fraction of sp³-hybridized carbons (Fsp3) is 0.560. The Hall–Kier alpha value is -2.67. The summed E-state index contributed by atoms with van der Waals surface area (Å²) in [7, 11) is 0. The zero-order chi connectivity index (χ0) is 22.5. The number of carboxylic acids is 1. The second kappa shape index (κ2) is 10.3. The average Bonchev–Trinajstić information content (AvgIpc) is 3.52. The van der Waals surface area contributed by atoms with Gasteiger partial charge in [0.25, 0.3) is 5.91 Å². The van der Waals surface area contributed by atoms with E-state index in [0.29, 0.717) is 24.6 Å². The Bertz CT molecular complexity index is 940. The number of carbonyl (C=O) groups excluding carboxylic acids is 1. The predicted octanol–water partition coefficient (Wildman–Crippen LogP) is 4.12. The van der Waals surface area contributed by atoms with Gasteiger partial charge in [-0.15, -0.1) is 0 Å². The fourth-order valence-electron chi connectivity index (χ4n) is 5.08. The molecule has 2 bridgehead atoms. The number of nitrogens with one attached hydrogen (secondary N) is 1. The first-order valence-corrected chi connectivity index (χ1v) is 11.7. The summed E-state index contributed by atoms with van der Waals surface area (Å²) >= 11 is 0. The number of ether oxygens (including phenoxy) is 1. The lowest BCUT2D eigenvalue weighted by Gasteiger charge is -2.26. The van der Waals surface area contributed by atoms with Crippen LogP contribution in [0.2, 0.25) is 0 Å². The molecule has 0 radical (unpaired) electrons. The highest BCUT2D eigenvalue weighted by molar-refractivity contribution is 5.91. The molecule has 2 fully saturated rings. The largest absolute Gasteiger partial charge is 0.481 e. The van der Waals surface area contributed by atoms with Gasteiger partial charge in [-0.25, -0.2) is 4.98 Å². The molecule has 2 N–H and O–H groups in total. The van der Waals surface area contributed by atoms with Crippen LogP contribution in [0.5, 0.6) is 0 Å². The van der Waals surface area contributed by atoms with E-state index >= 15 is 0 Å². The molecule has 1 aromatic heterocycles. The first kappa shape index (κ1) is 22.5. The third kappa shape index (κ3) is 5.04. The van der Waals surface area contributed by atoms with Gasteiger partial charge in [0.05, 0.1) is 18.1 Å². The van der Waals surface area contributed by atoms with Gasteiger partial charge in [0, 0.05) is 18.9 Å². The Morgan fingerprint density at radius 3 is 2.72 bits per heavy atom. The van der Waals surface area contributed by atoms with Crippen molar-refractivity contribution in [2.45, 2.75) is 76.4 Å². The highest BCUT2D eigenvalue weighted by Crippen LogP contribution is 2.49. The molecule has 1 amide bonds. The normalized spacial score (nSPS) is 24.0. The highest BCUT2D eigenvalue weighted by Gasteiger charge is 2.51. The zero-order valence-electron chi connectivity index (χ0n) is 18.6. The van der Waals surface area contributed by atoms with Crippen molar-refractivity contribution >= 4 is 11.9 Å². The van der Waals surface area contributed by atoms with Crippen LogP contribution in [0, 0.1) is 5.92 Å². The molecular weight excluding hydrogens is 408 g/mol. The molecule has 32 heavy (non-hydrogen) atoms. The van der Waals surface area contributed by atoms with E-state index in [-0.39, 0.29) is 36.4 Å². The van der Waals surface area contributed by atoms with Crippen LogP contribution < -0.4 is 5.32 Å². The average molecular weight is 441 g/mol. The van der Waals surface area contributed by atoms with Crippen molar-refractivity contribution in [2.75, 3.05) is 6.54 Å². The van der Waals surface area contributed by atoms with E-state index in [2.05, 4.69) is 23.3 Å². The number of carboxylic acid groups (broad SMARTS) is 1. The quantitative estimate of drug-likeness (QED) is 0.510. The molecule has 0 spiro atoms. The maximum atomic E-state index is 12.4. The van der Waals surface area contributed by atoms with Crippen LogP contribution in [0.15, 0.2) is 34.9 Å². The van der Waals surface area contributed by atoms with E-state index in [1.807, 2.05) is 18.2 Å². The van der Waals surface area contributed by atoms with Crippen molar-refractivity contribution in [3.05, 3.63) is 53.2 Å². The number of aromatic nitrogens is 1. The van der Waals surface area contributed by atoms with Crippen molar-refractivity contribution < 1.29 is 23.8 Å². The summed E-state index contributed by atoms with van der Waals surface area (Å²) in [5.74, 6) is -0.220. The SMILES string of the molecule is CCCCCNC(=O)c1coc([C@@H]2[C@@H](Cc3ccccc3CCC(=O)O)[C@@H]3CC[C@H]2O3)n1. The molecule has 2 saturated heterocycles. The van der Waals surface area contributed by atoms with Gasteiger partial charge in [-0.05, 0) is 43.2 Å². The lowest BCUT2D eigenvalue weighted by atomic mass is 9.75. The van der Waals surface area contributed by atoms with Crippen LogP contribution in [0.4, 0.5) is 0 Å². The molecule has 2 aromatic rings. The van der Waals surface area contributed by atoms with Gasteiger partial charge in [0.2, 0.25) is 5.89 Å².